The number of aliphatic hydroxyl groups excluding tert-OH is 2. The summed E-state index contributed by atoms with van der Waals surface area (Å²) in [7, 11) is 1.43. The van der Waals surface area contributed by atoms with Crippen molar-refractivity contribution in [1.82, 2.24) is 5.32 Å². The number of phenolic OH excluding ortho intramolecular Hbond substituents is 2. The molecule has 14 nitrogen and oxygen atoms in total. The zero-order valence-corrected chi connectivity index (χ0v) is 37.4. The lowest BCUT2D eigenvalue weighted by Crippen LogP contribution is -2.46. The Balaban J connectivity index is 1.73. The van der Waals surface area contributed by atoms with Gasteiger partial charge in [0.1, 0.15) is 29.0 Å². The maximum Gasteiger partial charge on any atom is 0.312 e. The number of nitrogens with zero attached hydrogens (tertiary/aromatic N) is 1. The summed E-state index contributed by atoms with van der Waals surface area (Å²) in [6.07, 6.45) is 6.57. The Morgan fingerprint density at radius 1 is 0.983 bits per heavy atom. The molecule has 2 aromatic rings. The van der Waals surface area contributed by atoms with Gasteiger partial charge >= 0.3 is 11.8 Å². The molecule has 0 saturated carbocycles. The number of carbonyl (C=O) groups excluding carboxylic acids is 4. The number of nitrogens with one attached hydrogen (secondary N) is 1. The SMILES string of the molecule is CO[C@H]1/C=C/O[C@@]2(C)Oc3c(C)c(O)c4c(c3C2=O)C(=Nc2c(O)cc(Br)cc2SC)C=C(NC(=O)/C(C)=C\C=C\[C@H](C)[C@H](O)[C@@H](C)[C@@H](O)[C@@H](C)[C@H](OC(C)=O)[C@@H]1C)C4=O. The maximum absolute atomic E-state index is 14.6. The van der Waals surface area contributed by atoms with E-state index in [1.54, 1.807) is 52.2 Å². The molecule has 60 heavy (non-hydrogen) atoms. The number of halogens is 1. The van der Waals surface area contributed by atoms with Gasteiger partial charge in [0, 0.05) is 70.7 Å². The molecule has 5 bridgehead atoms. The highest BCUT2D eigenvalue weighted by atomic mass is 79.9. The van der Waals surface area contributed by atoms with Crippen LogP contribution in [0.25, 0.3) is 0 Å². The van der Waals surface area contributed by atoms with Crippen LogP contribution in [0.5, 0.6) is 17.2 Å². The molecule has 5 N–H and O–H groups in total. The fraction of sp³-hybridized carbons (Fsp3) is 0.432. The first-order valence-corrected chi connectivity index (χ1v) is 21.3. The number of ketones is 2. The van der Waals surface area contributed by atoms with E-state index in [2.05, 4.69) is 21.2 Å². The second kappa shape index (κ2) is 18.5. The fourth-order valence-corrected chi connectivity index (χ4v) is 8.86. The maximum atomic E-state index is 14.6. The number of hydrogen-bond donors (Lipinski definition) is 5. The average Bonchev–Trinajstić information content (AvgIpc) is 3.46. The fourth-order valence-electron chi connectivity index (χ4n) is 7.67. The Bertz CT molecular complexity index is 2250. The number of fused-ring (bicyclic) bond motifs is 14. The van der Waals surface area contributed by atoms with Crippen LogP contribution in [0.1, 0.15) is 80.3 Å². The zero-order chi connectivity index (χ0) is 44.5. The number of aliphatic hydroxyl groups is 2. The van der Waals surface area contributed by atoms with Crippen molar-refractivity contribution in [1.29, 1.82) is 0 Å². The number of thioether (sulfide) groups is 1. The molecular formula is C44H51BrN2O12S. The van der Waals surface area contributed by atoms with Gasteiger partial charge in [-0.15, -0.1) is 11.8 Å². The van der Waals surface area contributed by atoms with Gasteiger partial charge < -0.3 is 44.7 Å². The number of esters is 1. The third kappa shape index (κ3) is 8.98. The lowest BCUT2D eigenvalue weighted by Gasteiger charge is -2.38. The average molecular weight is 912 g/mol. The molecule has 322 valence electrons. The van der Waals surface area contributed by atoms with E-state index in [0.29, 0.717) is 9.37 Å². The second-order valence-electron chi connectivity index (χ2n) is 15.5. The molecule has 0 saturated heterocycles. The molecule has 2 aromatic carbocycles. The Labute approximate surface area is 361 Å². The van der Waals surface area contributed by atoms with Crippen molar-refractivity contribution < 1.29 is 58.6 Å². The van der Waals surface area contributed by atoms with Crippen molar-refractivity contribution in [3.63, 3.8) is 0 Å². The van der Waals surface area contributed by atoms with Crippen LogP contribution in [0.15, 0.2) is 74.4 Å². The first-order chi connectivity index (χ1) is 28.2. The van der Waals surface area contributed by atoms with E-state index in [4.69, 9.17) is 23.9 Å². The molecule has 0 unspecified atom stereocenters. The van der Waals surface area contributed by atoms with Gasteiger partial charge in [0.05, 0.1) is 47.1 Å². The molecule has 0 radical (unpaired) electrons. The van der Waals surface area contributed by atoms with Crippen LogP contribution in [0.4, 0.5) is 5.69 Å². The highest BCUT2D eigenvalue weighted by Crippen LogP contribution is 2.49. The number of methoxy groups -OCH3 is 1. The number of ether oxygens (including phenoxy) is 4. The van der Waals surface area contributed by atoms with E-state index in [0.717, 1.165) is 0 Å². The predicted octanol–water partition coefficient (Wildman–Crippen LogP) is 6.76. The van der Waals surface area contributed by atoms with Crippen LogP contribution in [0, 0.1) is 30.6 Å². The quantitative estimate of drug-likeness (QED) is 0.159. The molecule has 9 atom stereocenters. The predicted molar refractivity (Wildman–Crippen MR) is 229 cm³/mol. The zero-order valence-electron chi connectivity index (χ0n) is 35.0. The third-order valence-electron chi connectivity index (χ3n) is 11.3. The number of allylic oxidation sites excluding steroid dienone is 4. The second-order valence-corrected chi connectivity index (χ2v) is 17.3. The summed E-state index contributed by atoms with van der Waals surface area (Å²) in [5, 5.41) is 48.2. The standard InChI is InChI=1S/C44H51BrN2O12S/c1-19-12-11-13-20(2)43(55)47-28-18-27(46-35-29(49)16-26(45)17-31(35)60-10)32-33(39(28)53)38(52)24(6)41-34(32)42(54)44(8,59-41)57-15-14-30(56-9)21(3)40(58-25(7)48)23(5)37(51)22(4)36(19)50/h11-19,21-23,30,36-37,40,49-52H,1-10H3,(H,47,55)/b12-11+,15-14+,20-13-,46-27?/t19-,21+,22+,23+,30-,36-,37+,40+,44-/m0/s1. The van der Waals surface area contributed by atoms with Crippen LogP contribution in [-0.4, -0.2) is 93.1 Å². The highest BCUT2D eigenvalue weighted by Gasteiger charge is 2.51. The Morgan fingerprint density at radius 3 is 2.30 bits per heavy atom. The molecule has 6 rings (SSSR count). The molecule has 16 heteroatoms. The van der Waals surface area contributed by atoms with Crippen molar-refractivity contribution in [2.45, 2.75) is 90.5 Å². The first kappa shape index (κ1) is 46.3. The smallest absolute Gasteiger partial charge is 0.312 e. The van der Waals surface area contributed by atoms with E-state index in [1.807, 2.05) is 0 Å². The molecule has 1 aliphatic carbocycles. The van der Waals surface area contributed by atoms with Gasteiger partial charge in [-0.25, -0.2) is 4.99 Å². The van der Waals surface area contributed by atoms with Gasteiger partial charge in [-0.1, -0.05) is 61.9 Å². The number of aromatic hydroxyl groups is 2. The summed E-state index contributed by atoms with van der Waals surface area (Å²) in [6.45, 7) is 12.5. The minimum Gasteiger partial charge on any atom is -0.507 e. The molecule has 0 aromatic heterocycles. The lowest BCUT2D eigenvalue weighted by atomic mass is 9.78. The van der Waals surface area contributed by atoms with E-state index >= 15 is 0 Å². The summed E-state index contributed by atoms with van der Waals surface area (Å²) < 4.78 is 24.3. The summed E-state index contributed by atoms with van der Waals surface area (Å²) in [4.78, 5) is 60.2. The molecule has 0 fully saturated rings. The monoisotopic (exact) mass is 910 g/mol. The topological polar surface area (TPSA) is 211 Å². The number of hydrogen-bond acceptors (Lipinski definition) is 14. The number of amides is 1. The number of carbonyl (C=O) groups is 4. The van der Waals surface area contributed by atoms with E-state index < -0.39 is 83.1 Å². The Morgan fingerprint density at radius 2 is 1.67 bits per heavy atom. The molecular weight excluding hydrogens is 860 g/mol. The molecule has 1 amide bonds. The lowest BCUT2D eigenvalue weighted by molar-refractivity contribution is -0.160. The minimum absolute atomic E-state index is 0.0439. The van der Waals surface area contributed by atoms with Crippen LogP contribution in [0.3, 0.4) is 0 Å². The van der Waals surface area contributed by atoms with Crippen molar-refractivity contribution in [3.05, 3.63) is 86.8 Å². The van der Waals surface area contributed by atoms with Gasteiger partial charge in [0.15, 0.2) is 0 Å². The minimum atomic E-state index is -2.05. The summed E-state index contributed by atoms with van der Waals surface area (Å²) in [6, 6.07) is 3.16. The van der Waals surface area contributed by atoms with Crippen molar-refractivity contribution in [2.75, 3.05) is 13.4 Å². The van der Waals surface area contributed by atoms with Crippen LogP contribution >= 0.6 is 27.7 Å². The highest BCUT2D eigenvalue weighted by molar-refractivity contribution is 9.10. The van der Waals surface area contributed by atoms with E-state index in [1.165, 1.54) is 77.1 Å². The molecule has 3 heterocycles. The Hall–Kier alpha value is -4.74. The van der Waals surface area contributed by atoms with Gasteiger partial charge in [-0.2, -0.15) is 0 Å². The van der Waals surface area contributed by atoms with Crippen molar-refractivity contribution >= 4 is 62.5 Å². The molecule has 4 aliphatic rings. The number of Topliss-reactive ketones (excluding diaryl/α,β-unsaturated/α-hetero) is 2. The van der Waals surface area contributed by atoms with Crippen molar-refractivity contribution in [3.8, 4) is 17.2 Å². The summed E-state index contributed by atoms with van der Waals surface area (Å²) in [5.74, 6) is -8.19. The van der Waals surface area contributed by atoms with Crippen LogP contribution < -0.4 is 10.1 Å². The van der Waals surface area contributed by atoms with Crippen LogP contribution in [0.2, 0.25) is 0 Å². The number of phenols is 2. The summed E-state index contributed by atoms with van der Waals surface area (Å²) in [5.41, 5.74) is -0.555. The summed E-state index contributed by atoms with van der Waals surface area (Å²) >= 11 is 4.66. The number of aliphatic imine (C=N–C) groups is 1. The van der Waals surface area contributed by atoms with Gasteiger partial charge in [-0.3, -0.25) is 19.2 Å². The van der Waals surface area contributed by atoms with Crippen LogP contribution in [-0.2, 0) is 23.8 Å². The third-order valence-corrected chi connectivity index (χ3v) is 12.5. The number of rotatable bonds is 4. The van der Waals surface area contributed by atoms with E-state index in [9.17, 15) is 39.6 Å². The largest absolute Gasteiger partial charge is 0.507 e. The van der Waals surface area contributed by atoms with Gasteiger partial charge in [0.25, 0.3) is 11.7 Å². The van der Waals surface area contributed by atoms with E-state index in [-0.39, 0.29) is 56.4 Å². The Kier molecular flexibility index (Phi) is 14.3. The number of benzene rings is 2. The van der Waals surface area contributed by atoms with Gasteiger partial charge in [-0.05, 0) is 44.4 Å². The molecule has 0 spiro atoms. The normalized spacial score (nSPS) is 31.4. The van der Waals surface area contributed by atoms with Crippen molar-refractivity contribution in [2.24, 2.45) is 28.7 Å². The first-order valence-electron chi connectivity index (χ1n) is 19.3. The van der Waals surface area contributed by atoms with Gasteiger partial charge in [0.2, 0.25) is 5.78 Å². The molecule has 3 aliphatic heterocycles.